The van der Waals surface area contributed by atoms with Gasteiger partial charge in [0.1, 0.15) is 6.07 Å². The molecule has 2 aliphatic rings. The van der Waals surface area contributed by atoms with E-state index in [1.807, 2.05) is 42.5 Å². The van der Waals surface area contributed by atoms with E-state index in [4.69, 9.17) is 0 Å². The first-order valence-corrected chi connectivity index (χ1v) is 20.9. The van der Waals surface area contributed by atoms with Gasteiger partial charge in [0, 0.05) is 33.7 Å². The minimum absolute atomic E-state index is 0.0198. The minimum atomic E-state index is -5.28. The monoisotopic (exact) mass is 899 g/mol. The summed E-state index contributed by atoms with van der Waals surface area (Å²) in [5, 5.41) is 53.6. The Kier molecular flexibility index (Phi) is 10.00. The molecule has 0 amide bonds. The van der Waals surface area contributed by atoms with Crippen molar-refractivity contribution in [2.45, 2.75) is 25.2 Å². The summed E-state index contributed by atoms with van der Waals surface area (Å²) in [7, 11) is 0. The third-order valence-electron chi connectivity index (χ3n) is 12.4. The lowest BCUT2D eigenvalue weighted by molar-refractivity contribution is -0.142. The highest BCUT2D eigenvalue weighted by Gasteiger charge is 2.39. The zero-order valence-corrected chi connectivity index (χ0v) is 35.1. The van der Waals surface area contributed by atoms with Gasteiger partial charge < -0.3 is 9.13 Å². The molecule has 0 saturated heterocycles. The zero-order chi connectivity index (χ0) is 47.6. The third kappa shape index (κ3) is 7.06. The van der Waals surface area contributed by atoms with Gasteiger partial charge >= 0.3 is 12.4 Å². The number of allylic oxidation sites excluding steroid dienone is 6. The van der Waals surface area contributed by atoms with Crippen LogP contribution in [0.4, 0.5) is 26.3 Å². The maximum absolute atomic E-state index is 15.4. The average Bonchev–Trinajstić information content (AvgIpc) is 3.86. The Morgan fingerprint density at radius 2 is 1.28 bits per heavy atom. The van der Waals surface area contributed by atoms with Crippen LogP contribution in [0.2, 0.25) is 0 Å². The molecule has 2 aromatic heterocycles. The number of benzene rings is 6. The summed E-state index contributed by atoms with van der Waals surface area (Å²) in [5.74, 6) is 0. The molecule has 0 bridgehead atoms. The molecular formula is C55H27F6N7. The van der Waals surface area contributed by atoms with E-state index < -0.39 is 29.0 Å². The normalized spacial score (nSPS) is 14.2. The van der Waals surface area contributed by atoms with E-state index in [9.17, 15) is 39.5 Å². The van der Waals surface area contributed by atoms with Crippen LogP contribution in [-0.4, -0.2) is 9.13 Å². The first-order chi connectivity index (χ1) is 32.7. The number of aromatic nitrogens is 2. The molecule has 68 heavy (non-hydrogen) atoms. The second-order valence-corrected chi connectivity index (χ2v) is 16.3. The van der Waals surface area contributed by atoms with Crippen LogP contribution in [-0.2, 0) is 18.8 Å². The van der Waals surface area contributed by atoms with Gasteiger partial charge in [-0.3, -0.25) is 0 Å². The van der Waals surface area contributed by atoms with E-state index in [0.717, 1.165) is 17.0 Å². The summed E-state index contributed by atoms with van der Waals surface area (Å²) in [4.78, 5) is 0. The number of halogens is 6. The van der Waals surface area contributed by atoms with Crippen molar-refractivity contribution >= 4 is 44.4 Å². The molecule has 7 nitrogen and oxygen atoms in total. The molecule has 0 unspecified atom stereocenters. The number of nitrogens with zero attached hydrogens (tertiary/aromatic N) is 7. The molecule has 0 atom stereocenters. The molecule has 0 fully saturated rings. The second kappa shape index (κ2) is 16.0. The van der Waals surface area contributed by atoms with Gasteiger partial charge in [-0.15, -0.1) is 0 Å². The van der Waals surface area contributed by atoms with Crippen molar-refractivity contribution in [3.8, 4) is 64.0 Å². The Labute approximate surface area is 382 Å². The topological polar surface area (TPSA) is 129 Å². The molecule has 0 N–H and O–H groups in total. The van der Waals surface area contributed by atoms with Crippen molar-refractivity contribution in [2.24, 2.45) is 0 Å². The van der Waals surface area contributed by atoms with Gasteiger partial charge in [-0.25, -0.2) is 0 Å². The van der Waals surface area contributed by atoms with Crippen LogP contribution in [0.15, 0.2) is 145 Å². The highest BCUT2D eigenvalue weighted by Crippen LogP contribution is 2.46. The fourth-order valence-electron chi connectivity index (χ4n) is 9.39. The molecule has 13 heteroatoms. The molecule has 0 spiro atoms. The van der Waals surface area contributed by atoms with Gasteiger partial charge in [0.2, 0.25) is 0 Å². The van der Waals surface area contributed by atoms with Crippen LogP contribution in [0.25, 0.3) is 78.0 Å². The third-order valence-corrected chi connectivity index (χ3v) is 12.4. The van der Waals surface area contributed by atoms with Crippen molar-refractivity contribution in [1.29, 1.82) is 26.3 Å². The minimum Gasteiger partial charge on any atom is -0.309 e. The summed E-state index contributed by atoms with van der Waals surface area (Å²) < 4.78 is 92.3. The van der Waals surface area contributed by atoms with Gasteiger partial charge in [0.15, 0.2) is 0 Å². The molecule has 0 saturated carbocycles. The molecule has 2 aliphatic carbocycles. The lowest BCUT2D eigenvalue weighted by atomic mass is 9.93. The molecule has 6 aromatic carbocycles. The standard InChI is InChI=1S/C55H27F6N7/c56-54(57,58)40-11-14-41(47(24-40)55(59,60)61)46-25-50(67-48-7-3-1-5-42(48)44-12-9-35(21-51(44)67)37-17-31(26-62)15-32(18-37)27-63)39(30-66)23-53(46)68-49-8-4-2-6-43(49)45-13-10-36(22-52(45)68)38-19-33(28-64)16-34(20-38)29-65/h1-4,6-17,19-25H,5,18H2. The Bertz CT molecular complexity index is 3980. The Balaban J connectivity index is 1.34. The van der Waals surface area contributed by atoms with E-state index in [0.29, 0.717) is 72.7 Å². The number of hydrogen-bond acceptors (Lipinski definition) is 5. The molecular weight excluding hydrogens is 873 g/mol. The van der Waals surface area contributed by atoms with E-state index in [1.54, 1.807) is 63.7 Å². The van der Waals surface area contributed by atoms with Crippen LogP contribution in [0.3, 0.4) is 0 Å². The van der Waals surface area contributed by atoms with Gasteiger partial charge in [-0.05, 0) is 118 Å². The number of para-hydroxylation sites is 1. The van der Waals surface area contributed by atoms with Crippen molar-refractivity contribution < 1.29 is 26.3 Å². The fourth-order valence-corrected chi connectivity index (χ4v) is 9.39. The van der Waals surface area contributed by atoms with Crippen molar-refractivity contribution in [3.63, 3.8) is 0 Å². The SMILES string of the molecule is N#CC1=CC(=c2ccc3c4c(n(-c5cc(-c6ccc(C(F)(F)F)cc6C(F)(F)F)c(-n6c7ccccc7c7ccc(-c8cc(C#N)cc(C#N)c8)cc76)cc5C#N)c3c2)=CC=CC4)CC(C#N)=C1. The highest BCUT2D eigenvalue weighted by molar-refractivity contribution is 6.11. The number of hydrogen-bond donors (Lipinski definition) is 0. The van der Waals surface area contributed by atoms with Crippen molar-refractivity contribution in [3.05, 3.63) is 189 Å². The number of alkyl halides is 6. The largest absolute Gasteiger partial charge is 0.417 e. The maximum Gasteiger partial charge on any atom is 0.417 e. The summed E-state index contributed by atoms with van der Waals surface area (Å²) in [5.41, 5.74) is 1.64. The van der Waals surface area contributed by atoms with Crippen LogP contribution < -0.4 is 10.6 Å². The Hall–Kier alpha value is -9.35. The quantitative estimate of drug-likeness (QED) is 0.162. The summed E-state index contributed by atoms with van der Waals surface area (Å²) in [6.07, 6.45) is -0.935. The van der Waals surface area contributed by atoms with E-state index in [2.05, 4.69) is 30.3 Å². The molecule has 10 rings (SSSR count). The lowest BCUT2D eigenvalue weighted by Crippen LogP contribution is -2.20. The van der Waals surface area contributed by atoms with Gasteiger partial charge in [-0.2, -0.15) is 52.7 Å². The summed E-state index contributed by atoms with van der Waals surface area (Å²) >= 11 is 0. The van der Waals surface area contributed by atoms with Crippen LogP contribution >= 0.6 is 0 Å². The van der Waals surface area contributed by atoms with Crippen molar-refractivity contribution in [2.75, 3.05) is 0 Å². The van der Waals surface area contributed by atoms with E-state index in [1.165, 1.54) is 24.3 Å². The summed E-state index contributed by atoms with van der Waals surface area (Å²) in [6, 6.07) is 37.7. The first-order valence-electron chi connectivity index (χ1n) is 20.9. The predicted octanol–water partition coefficient (Wildman–Crippen LogP) is 12.1. The summed E-state index contributed by atoms with van der Waals surface area (Å²) in [6.45, 7) is 0. The van der Waals surface area contributed by atoms with Crippen LogP contribution in [0, 0.1) is 56.7 Å². The zero-order valence-electron chi connectivity index (χ0n) is 35.1. The molecule has 324 valence electrons. The second-order valence-electron chi connectivity index (χ2n) is 16.3. The van der Waals surface area contributed by atoms with Crippen LogP contribution in [0.5, 0.6) is 0 Å². The lowest BCUT2D eigenvalue weighted by Gasteiger charge is -2.22. The number of rotatable bonds is 4. The number of fused-ring (bicyclic) bond motifs is 6. The van der Waals surface area contributed by atoms with Gasteiger partial charge in [-0.1, -0.05) is 60.7 Å². The fraction of sp³-hybridized carbons (Fsp3) is 0.0727. The molecule has 0 aliphatic heterocycles. The molecule has 8 aromatic rings. The first kappa shape index (κ1) is 42.6. The Morgan fingerprint density at radius 1 is 0.544 bits per heavy atom. The maximum atomic E-state index is 15.4. The van der Waals surface area contributed by atoms with Gasteiger partial charge in [0.05, 0.1) is 90.9 Å². The van der Waals surface area contributed by atoms with E-state index >= 15 is 13.2 Å². The average molecular weight is 900 g/mol. The number of nitriles is 5. The van der Waals surface area contributed by atoms with E-state index in [-0.39, 0.29) is 51.7 Å². The molecule has 2 heterocycles. The van der Waals surface area contributed by atoms with Crippen molar-refractivity contribution in [1.82, 2.24) is 9.13 Å². The predicted molar refractivity (Wildman–Crippen MR) is 245 cm³/mol. The highest BCUT2D eigenvalue weighted by atomic mass is 19.4. The smallest absolute Gasteiger partial charge is 0.309 e. The Morgan fingerprint density at radius 3 is 1.99 bits per heavy atom. The molecule has 0 radical (unpaired) electrons. The van der Waals surface area contributed by atoms with Crippen LogP contribution in [0.1, 0.15) is 39.8 Å². The van der Waals surface area contributed by atoms with Gasteiger partial charge in [0.25, 0.3) is 0 Å².